The average Bonchev–Trinajstić information content (AvgIpc) is 2.75. The molecule has 0 radical (unpaired) electrons. The van der Waals surface area contributed by atoms with Crippen molar-refractivity contribution in [1.29, 1.82) is 0 Å². The van der Waals surface area contributed by atoms with Gasteiger partial charge in [-0.1, -0.05) is 12.1 Å². The number of aryl methyl sites for hydroxylation is 1. The summed E-state index contributed by atoms with van der Waals surface area (Å²) in [6.45, 7) is 4.47. The lowest BCUT2D eigenvalue weighted by Gasteiger charge is -2.20. The first-order valence-corrected chi connectivity index (χ1v) is 9.80. The number of nitrogens with zero attached hydrogens (tertiary/aromatic N) is 3. The number of benzene rings is 2. The lowest BCUT2D eigenvalue weighted by molar-refractivity contribution is 0.0784. The molecule has 0 spiro atoms. The number of hydrogen-bond donors (Lipinski definition) is 0. The molecule has 0 fully saturated rings. The Labute approximate surface area is 176 Å². The second-order valence-electron chi connectivity index (χ2n) is 7.38. The molecule has 0 saturated heterocycles. The van der Waals surface area contributed by atoms with E-state index in [2.05, 4.69) is 9.97 Å². The van der Waals surface area contributed by atoms with Crippen LogP contribution in [0.5, 0.6) is 11.5 Å². The quantitative estimate of drug-likeness (QED) is 0.458. The van der Waals surface area contributed by atoms with Gasteiger partial charge >= 0.3 is 0 Å². The van der Waals surface area contributed by atoms with E-state index in [1.165, 1.54) is 0 Å². The van der Waals surface area contributed by atoms with Crippen molar-refractivity contribution in [3.05, 3.63) is 95.4 Å². The highest BCUT2D eigenvalue weighted by molar-refractivity contribution is 5.96. The highest BCUT2D eigenvalue weighted by Crippen LogP contribution is 2.32. The second-order valence-corrected chi connectivity index (χ2v) is 7.38. The fourth-order valence-corrected chi connectivity index (χ4v) is 3.44. The van der Waals surface area contributed by atoms with E-state index >= 15 is 0 Å². The summed E-state index contributed by atoms with van der Waals surface area (Å²) in [5.74, 6) is 1.33. The summed E-state index contributed by atoms with van der Waals surface area (Å²) in [5, 5.41) is 0.939. The summed E-state index contributed by atoms with van der Waals surface area (Å²) in [7, 11) is 1.80. The van der Waals surface area contributed by atoms with E-state index in [0.29, 0.717) is 17.9 Å². The highest BCUT2D eigenvalue weighted by atomic mass is 16.5. The summed E-state index contributed by atoms with van der Waals surface area (Å²) in [6, 6.07) is 17.3. The number of carbonyl (C=O) groups is 1. The van der Waals surface area contributed by atoms with Crippen LogP contribution in [-0.4, -0.2) is 27.8 Å². The first kappa shape index (κ1) is 19.6. The third-order valence-corrected chi connectivity index (χ3v) is 5.11. The molecule has 0 aliphatic rings. The molecule has 0 saturated carbocycles. The Kier molecular flexibility index (Phi) is 5.44. The number of ether oxygens (including phenoxy) is 1. The van der Waals surface area contributed by atoms with Gasteiger partial charge in [-0.25, -0.2) is 0 Å². The Morgan fingerprint density at radius 3 is 2.57 bits per heavy atom. The van der Waals surface area contributed by atoms with Gasteiger partial charge in [0.2, 0.25) is 0 Å². The van der Waals surface area contributed by atoms with Gasteiger partial charge in [-0.15, -0.1) is 0 Å². The van der Waals surface area contributed by atoms with Gasteiger partial charge in [0, 0.05) is 48.7 Å². The fourth-order valence-electron chi connectivity index (χ4n) is 3.44. The molecule has 5 nitrogen and oxygen atoms in total. The van der Waals surface area contributed by atoms with E-state index in [1.54, 1.807) is 30.5 Å². The Balaban J connectivity index is 1.61. The maximum Gasteiger partial charge on any atom is 0.254 e. The van der Waals surface area contributed by atoms with Crippen LogP contribution < -0.4 is 4.74 Å². The highest BCUT2D eigenvalue weighted by Gasteiger charge is 2.17. The van der Waals surface area contributed by atoms with Crippen molar-refractivity contribution in [2.24, 2.45) is 0 Å². The van der Waals surface area contributed by atoms with E-state index < -0.39 is 0 Å². The molecule has 2 aromatic heterocycles. The van der Waals surface area contributed by atoms with Crippen molar-refractivity contribution in [3.8, 4) is 11.5 Å². The van der Waals surface area contributed by atoms with Crippen molar-refractivity contribution >= 4 is 16.8 Å². The topological polar surface area (TPSA) is 55.3 Å². The molecule has 0 atom stereocenters. The molecule has 5 heteroatoms. The summed E-state index contributed by atoms with van der Waals surface area (Å²) in [6.07, 6.45) is 5.20. The molecule has 2 heterocycles. The van der Waals surface area contributed by atoms with Crippen LogP contribution in [0.4, 0.5) is 0 Å². The van der Waals surface area contributed by atoms with Crippen LogP contribution in [0.2, 0.25) is 0 Å². The van der Waals surface area contributed by atoms with E-state index in [-0.39, 0.29) is 5.91 Å². The third kappa shape index (κ3) is 4.01. The molecule has 4 aromatic rings. The number of amides is 1. The average molecular weight is 397 g/mol. The molecule has 0 unspecified atom stereocenters. The standard InChI is InChI=1S/C25H23N3O2/c1-17-7-8-21-22(15-17)27-14-11-24(21)30-23-6-4-5-20(18(23)2)25(29)28(3)16-19-9-12-26-13-10-19/h4-15H,16H2,1-3H3. The minimum atomic E-state index is -0.0510. The Morgan fingerprint density at radius 2 is 1.77 bits per heavy atom. The SMILES string of the molecule is Cc1ccc2c(Oc3cccc(C(=O)N(C)Cc4ccncc4)c3C)ccnc2c1. The van der Waals surface area contributed by atoms with Crippen molar-refractivity contribution in [1.82, 2.24) is 14.9 Å². The summed E-state index contributed by atoms with van der Waals surface area (Å²) < 4.78 is 6.23. The lowest BCUT2D eigenvalue weighted by Crippen LogP contribution is -2.26. The summed E-state index contributed by atoms with van der Waals surface area (Å²) in [5.41, 5.74) is 4.49. The molecule has 0 aliphatic heterocycles. The first-order valence-electron chi connectivity index (χ1n) is 9.80. The number of aromatic nitrogens is 2. The number of hydrogen-bond acceptors (Lipinski definition) is 4. The zero-order valence-electron chi connectivity index (χ0n) is 17.3. The molecule has 0 bridgehead atoms. The van der Waals surface area contributed by atoms with E-state index in [9.17, 15) is 4.79 Å². The molecule has 2 aromatic carbocycles. The van der Waals surface area contributed by atoms with Crippen molar-refractivity contribution < 1.29 is 9.53 Å². The van der Waals surface area contributed by atoms with E-state index in [0.717, 1.165) is 33.3 Å². The molecular formula is C25H23N3O2. The van der Waals surface area contributed by atoms with E-state index in [1.807, 2.05) is 68.4 Å². The molecule has 4 rings (SSSR count). The molecule has 0 aliphatic carbocycles. The van der Waals surface area contributed by atoms with Crippen LogP contribution in [0.25, 0.3) is 10.9 Å². The number of pyridine rings is 2. The van der Waals surface area contributed by atoms with Crippen LogP contribution in [0.3, 0.4) is 0 Å². The fraction of sp³-hybridized carbons (Fsp3) is 0.160. The van der Waals surface area contributed by atoms with Crippen LogP contribution in [-0.2, 0) is 6.54 Å². The lowest BCUT2D eigenvalue weighted by atomic mass is 10.1. The predicted octanol–water partition coefficient (Wildman–Crippen LogP) is 5.31. The number of carbonyl (C=O) groups excluding carboxylic acids is 1. The Hall–Kier alpha value is -3.73. The zero-order valence-corrected chi connectivity index (χ0v) is 17.3. The molecule has 0 N–H and O–H groups in total. The van der Waals surface area contributed by atoms with Crippen LogP contribution in [0, 0.1) is 13.8 Å². The van der Waals surface area contributed by atoms with Crippen LogP contribution in [0.15, 0.2) is 73.2 Å². The minimum Gasteiger partial charge on any atom is -0.456 e. The monoisotopic (exact) mass is 397 g/mol. The Morgan fingerprint density at radius 1 is 0.967 bits per heavy atom. The van der Waals surface area contributed by atoms with Gasteiger partial charge < -0.3 is 9.64 Å². The first-order chi connectivity index (χ1) is 14.5. The van der Waals surface area contributed by atoms with Gasteiger partial charge in [0.15, 0.2) is 0 Å². The molecule has 30 heavy (non-hydrogen) atoms. The largest absolute Gasteiger partial charge is 0.456 e. The summed E-state index contributed by atoms with van der Waals surface area (Å²) >= 11 is 0. The second kappa shape index (κ2) is 8.33. The summed E-state index contributed by atoms with van der Waals surface area (Å²) in [4.78, 5) is 23.2. The van der Waals surface area contributed by atoms with Crippen molar-refractivity contribution in [3.63, 3.8) is 0 Å². The van der Waals surface area contributed by atoms with Gasteiger partial charge in [-0.2, -0.15) is 0 Å². The maximum absolute atomic E-state index is 13.1. The van der Waals surface area contributed by atoms with Gasteiger partial charge in [0.05, 0.1) is 5.52 Å². The van der Waals surface area contributed by atoms with Gasteiger partial charge in [0.1, 0.15) is 11.5 Å². The van der Waals surface area contributed by atoms with Gasteiger partial charge in [0.25, 0.3) is 5.91 Å². The van der Waals surface area contributed by atoms with Crippen molar-refractivity contribution in [2.75, 3.05) is 7.05 Å². The van der Waals surface area contributed by atoms with Crippen molar-refractivity contribution in [2.45, 2.75) is 20.4 Å². The Bertz CT molecular complexity index is 1210. The van der Waals surface area contributed by atoms with Crippen LogP contribution in [0.1, 0.15) is 27.0 Å². The zero-order chi connectivity index (χ0) is 21.1. The van der Waals surface area contributed by atoms with Gasteiger partial charge in [-0.3, -0.25) is 14.8 Å². The predicted molar refractivity (Wildman–Crippen MR) is 118 cm³/mol. The third-order valence-electron chi connectivity index (χ3n) is 5.11. The maximum atomic E-state index is 13.1. The molecule has 1 amide bonds. The van der Waals surface area contributed by atoms with Gasteiger partial charge in [-0.05, 0) is 67.4 Å². The van der Waals surface area contributed by atoms with Crippen LogP contribution >= 0.6 is 0 Å². The smallest absolute Gasteiger partial charge is 0.254 e. The minimum absolute atomic E-state index is 0.0510. The number of rotatable bonds is 5. The normalized spacial score (nSPS) is 10.8. The van der Waals surface area contributed by atoms with E-state index in [4.69, 9.17) is 4.74 Å². The molecule has 150 valence electrons. The number of fused-ring (bicyclic) bond motifs is 1. The molecular weight excluding hydrogens is 374 g/mol.